The van der Waals surface area contributed by atoms with Crippen LogP contribution in [0.25, 0.3) is 6.08 Å². The lowest BCUT2D eigenvalue weighted by molar-refractivity contribution is 0.0215. The van der Waals surface area contributed by atoms with Crippen LogP contribution in [-0.2, 0) is 0 Å². The van der Waals surface area contributed by atoms with Gasteiger partial charge in [0.2, 0.25) is 0 Å². The molecular formula is C17H23NO3. The SMILES string of the molecule is CCOc1cc(C=C2C(O)C3CCN2CC3)ccc1OC. The van der Waals surface area contributed by atoms with Gasteiger partial charge >= 0.3 is 0 Å². The van der Waals surface area contributed by atoms with Crippen LogP contribution >= 0.6 is 0 Å². The van der Waals surface area contributed by atoms with E-state index in [1.807, 2.05) is 25.1 Å². The van der Waals surface area contributed by atoms with Crippen molar-refractivity contribution in [1.29, 1.82) is 0 Å². The molecule has 0 saturated carbocycles. The van der Waals surface area contributed by atoms with Gasteiger partial charge in [-0.15, -0.1) is 0 Å². The van der Waals surface area contributed by atoms with Gasteiger partial charge in [-0.05, 0) is 49.5 Å². The van der Waals surface area contributed by atoms with Gasteiger partial charge in [0.05, 0.1) is 19.8 Å². The molecule has 2 bridgehead atoms. The van der Waals surface area contributed by atoms with E-state index in [9.17, 15) is 5.11 Å². The Morgan fingerprint density at radius 2 is 2.05 bits per heavy atom. The number of hydrogen-bond acceptors (Lipinski definition) is 4. The molecule has 1 atom stereocenters. The zero-order valence-electron chi connectivity index (χ0n) is 12.7. The van der Waals surface area contributed by atoms with E-state index in [0.29, 0.717) is 12.5 Å². The first-order valence-electron chi connectivity index (χ1n) is 7.68. The van der Waals surface area contributed by atoms with Crippen molar-refractivity contribution in [3.05, 3.63) is 29.5 Å². The minimum atomic E-state index is -0.329. The van der Waals surface area contributed by atoms with E-state index < -0.39 is 0 Å². The Bertz CT molecular complexity index is 529. The lowest BCUT2D eigenvalue weighted by Gasteiger charge is -2.45. The largest absolute Gasteiger partial charge is 0.493 e. The summed E-state index contributed by atoms with van der Waals surface area (Å²) in [5, 5.41) is 10.4. The average molecular weight is 289 g/mol. The third kappa shape index (κ3) is 2.72. The first kappa shape index (κ1) is 14.3. The lowest BCUT2D eigenvalue weighted by atomic mass is 9.83. The summed E-state index contributed by atoms with van der Waals surface area (Å²) in [7, 11) is 1.64. The number of benzene rings is 1. The Morgan fingerprint density at radius 3 is 2.67 bits per heavy atom. The summed E-state index contributed by atoms with van der Waals surface area (Å²) >= 11 is 0. The average Bonchev–Trinajstić information content (AvgIpc) is 2.52. The monoisotopic (exact) mass is 289 g/mol. The van der Waals surface area contributed by atoms with Gasteiger partial charge in [-0.2, -0.15) is 0 Å². The molecule has 4 nitrogen and oxygen atoms in total. The van der Waals surface area contributed by atoms with E-state index in [4.69, 9.17) is 9.47 Å². The quantitative estimate of drug-likeness (QED) is 0.925. The van der Waals surface area contributed by atoms with Crippen LogP contribution in [0.15, 0.2) is 23.9 Å². The fourth-order valence-corrected chi connectivity index (χ4v) is 3.30. The number of nitrogens with zero attached hydrogens (tertiary/aromatic N) is 1. The smallest absolute Gasteiger partial charge is 0.161 e. The molecular weight excluding hydrogens is 266 g/mol. The third-order valence-corrected chi connectivity index (χ3v) is 4.46. The van der Waals surface area contributed by atoms with Crippen LogP contribution in [0.4, 0.5) is 0 Å². The molecule has 3 aliphatic rings. The van der Waals surface area contributed by atoms with Gasteiger partial charge in [-0.1, -0.05) is 6.07 Å². The highest BCUT2D eigenvalue weighted by Gasteiger charge is 2.36. The fourth-order valence-electron chi connectivity index (χ4n) is 3.30. The topological polar surface area (TPSA) is 41.9 Å². The Balaban J connectivity index is 1.90. The second-order valence-electron chi connectivity index (χ2n) is 5.68. The lowest BCUT2D eigenvalue weighted by Crippen LogP contribution is -2.48. The molecule has 0 radical (unpaired) electrons. The molecule has 1 aromatic carbocycles. The van der Waals surface area contributed by atoms with Crippen LogP contribution < -0.4 is 9.47 Å². The second kappa shape index (κ2) is 5.98. The zero-order chi connectivity index (χ0) is 14.8. The van der Waals surface area contributed by atoms with E-state index in [2.05, 4.69) is 11.0 Å². The number of rotatable bonds is 4. The summed E-state index contributed by atoms with van der Waals surface area (Å²) in [5.74, 6) is 1.91. The predicted octanol–water partition coefficient (Wildman–Crippen LogP) is 2.52. The first-order valence-corrected chi connectivity index (χ1v) is 7.68. The van der Waals surface area contributed by atoms with E-state index >= 15 is 0 Å². The van der Waals surface area contributed by atoms with Crippen molar-refractivity contribution in [3.63, 3.8) is 0 Å². The molecule has 0 aromatic heterocycles. The number of hydrogen-bond donors (Lipinski definition) is 1. The highest BCUT2D eigenvalue weighted by atomic mass is 16.5. The van der Waals surface area contributed by atoms with Crippen molar-refractivity contribution in [2.75, 3.05) is 26.8 Å². The maximum absolute atomic E-state index is 10.4. The van der Waals surface area contributed by atoms with Crippen molar-refractivity contribution in [2.45, 2.75) is 25.9 Å². The Labute approximate surface area is 126 Å². The highest BCUT2D eigenvalue weighted by Crippen LogP contribution is 2.36. The van der Waals surface area contributed by atoms with E-state index in [-0.39, 0.29) is 6.10 Å². The number of aliphatic hydroxyl groups excluding tert-OH is 1. The number of fused-ring (bicyclic) bond motifs is 3. The molecule has 4 rings (SSSR count). The number of ether oxygens (including phenoxy) is 2. The maximum atomic E-state index is 10.4. The summed E-state index contributed by atoms with van der Waals surface area (Å²) in [5.41, 5.74) is 2.09. The summed E-state index contributed by atoms with van der Waals surface area (Å²) in [6.45, 7) is 4.68. The molecule has 1 N–H and O–H groups in total. The Morgan fingerprint density at radius 1 is 1.29 bits per heavy atom. The molecule has 0 spiro atoms. The second-order valence-corrected chi connectivity index (χ2v) is 5.68. The molecule has 3 saturated heterocycles. The molecule has 3 heterocycles. The number of methoxy groups -OCH3 is 1. The van der Waals surface area contributed by atoms with Crippen LogP contribution in [0.2, 0.25) is 0 Å². The fraction of sp³-hybridized carbons (Fsp3) is 0.529. The van der Waals surface area contributed by atoms with Crippen molar-refractivity contribution in [2.24, 2.45) is 5.92 Å². The third-order valence-electron chi connectivity index (χ3n) is 4.46. The zero-order valence-corrected chi connectivity index (χ0v) is 12.7. The summed E-state index contributed by atoms with van der Waals surface area (Å²) < 4.78 is 10.9. The normalized spacial score (nSPS) is 26.2. The standard InChI is InChI=1S/C17H23NO3/c1-3-21-16-11-12(4-5-15(16)20-2)10-14-17(19)13-6-8-18(14)9-7-13/h4-5,10-11,13,17,19H,3,6-9H2,1-2H3. The van der Waals surface area contributed by atoms with Crippen molar-refractivity contribution in [3.8, 4) is 11.5 Å². The first-order chi connectivity index (χ1) is 10.2. The van der Waals surface area contributed by atoms with E-state index in [1.165, 1.54) is 0 Å². The number of piperidine rings is 3. The molecule has 114 valence electrons. The number of aliphatic hydroxyl groups is 1. The van der Waals surface area contributed by atoms with Crippen LogP contribution in [0.3, 0.4) is 0 Å². The summed E-state index contributed by atoms with van der Waals surface area (Å²) in [6, 6.07) is 5.90. The van der Waals surface area contributed by atoms with Gasteiger partial charge in [0.25, 0.3) is 0 Å². The maximum Gasteiger partial charge on any atom is 0.161 e. The predicted molar refractivity (Wildman–Crippen MR) is 82.4 cm³/mol. The summed E-state index contributed by atoms with van der Waals surface area (Å²) in [4.78, 5) is 2.30. The van der Waals surface area contributed by atoms with Crippen LogP contribution in [0.5, 0.6) is 11.5 Å². The molecule has 4 heteroatoms. The Hall–Kier alpha value is -1.68. The molecule has 1 unspecified atom stereocenters. The van der Waals surface area contributed by atoms with Crippen molar-refractivity contribution < 1.29 is 14.6 Å². The van der Waals surface area contributed by atoms with Gasteiger partial charge in [0.1, 0.15) is 0 Å². The molecule has 1 aromatic rings. The Kier molecular flexibility index (Phi) is 4.06. The minimum absolute atomic E-state index is 0.329. The van der Waals surface area contributed by atoms with E-state index in [1.54, 1.807) is 7.11 Å². The van der Waals surface area contributed by atoms with Crippen LogP contribution in [-0.4, -0.2) is 42.9 Å². The van der Waals surface area contributed by atoms with Gasteiger partial charge in [-0.3, -0.25) is 0 Å². The highest BCUT2D eigenvalue weighted by molar-refractivity contribution is 5.59. The molecule has 3 fully saturated rings. The van der Waals surface area contributed by atoms with Crippen molar-refractivity contribution >= 4 is 6.08 Å². The summed E-state index contributed by atoms with van der Waals surface area (Å²) in [6.07, 6.45) is 3.96. The molecule has 0 aliphatic carbocycles. The van der Waals surface area contributed by atoms with Crippen LogP contribution in [0.1, 0.15) is 25.3 Å². The molecule has 3 aliphatic heterocycles. The van der Waals surface area contributed by atoms with Gasteiger partial charge in [0.15, 0.2) is 11.5 Å². The van der Waals surface area contributed by atoms with Crippen LogP contribution in [0, 0.1) is 5.92 Å². The van der Waals surface area contributed by atoms with Gasteiger partial charge < -0.3 is 19.5 Å². The minimum Gasteiger partial charge on any atom is -0.493 e. The molecule has 0 amide bonds. The van der Waals surface area contributed by atoms with Gasteiger partial charge in [-0.25, -0.2) is 0 Å². The molecule has 21 heavy (non-hydrogen) atoms. The van der Waals surface area contributed by atoms with Gasteiger partial charge in [0, 0.05) is 18.8 Å². The van der Waals surface area contributed by atoms with Crippen molar-refractivity contribution in [1.82, 2.24) is 4.90 Å². The van der Waals surface area contributed by atoms with E-state index in [0.717, 1.165) is 48.7 Å².